The number of hydrogen-bond donors (Lipinski definition) is 1. The van der Waals surface area contributed by atoms with E-state index in [0.717, 1.165) is 16.8 Å². The predicted molar refractivity (Wildman–Crippen MR) is 90.2 cm³/mol. The van der Waals surface area contributed by atoms with Gasteiger partial charge in [0.15, 0.2) is 5.01 Å². The number of benzene rings is 1. The molecule has 0 bridgehead atoms. The molecule has 2 aromatic rings. The fourth-order valence-electron chi connectivity index (χ4n) is 2.53. The number of aromatic carboxylic acids is 1. The summed E-state index contributed by atoms with van der Waals surface area (Å²) in [5, 5.41) is 11.5. The first-order valence-electron chi connectivity index (χ1n) is 7.35. The first kappa shape index (κ1) is 15.6. The highest BCUT2D eigenvalue weighted by Crippen LogP contribution is 2.32. The summed E-state index contributed by atoms with van der Waals surface area (Å²) >= 11 is 1.36. The molecule has 0 saturated carbocycles. The van der Waals surface area contributed by atoms with Crippen LogP contribution in [0.25, 0.3) is 5.57 Å². The van der Waals surface area contributed by atoms with Crippen LogP contribution in [-0.4, -0.2) is 21.8 Å². The summed E-state index contributed by atoms with van der Waals surface area (Å²) in [6.45, 7) is 6.19. The molecule has 1 aliphatic carbocycles. The van der Waals surface area contributed by atoms with Crippen LogP contribution in [0.2, 0.25) is 0 Å². The molecule has 0 atom stereocenters. The molecule has 0 fully saturated rings. The first-order valence-corrected chi connectivity index (χ1v) is 8.23. The Kier molecular flexibility index (Phi) is 3.68. The van der Waals surface area contributed by atoms with E-state index in [1.54, 1.807) is 12.1 Å². The van der Waals surface area contributed by atoms with Gasteiger partial charge in [0.1, 0.15) is 0 Å². The van der Waals surface area contributed by atoms with E-state index < -0.39 is 5.97 Å². The van der Waals surface area contributed by atoms with Crippen molar-refractivity contribution in [2.45, 2.75) is 32.6 Å². The average Bonchev–Trinajstić information content (AvgIpc) is 3.12. The van der Waals surface area contributed by atoms with Crippen molar-refractivity contribution in [2.24, 2.45) is 0 Å². The third-order valence-corrected chi connectivity index (χ3v) is 4.72. The molecule has 0 spiro atoms. The van der Waals surface area contributed by atoms with Gasteiger partial charge in [0.2, 0.25) is 5.78 Å². The van der Waals surface area contributed by atoms with Crippen LogP contribution in [0.1, 0.15) is 57.8 Å². The van der Waals surface area contributed by atoms with E-state index >= 15 is 0 Å². The second kappa shape index (κ2) is 5.42. The second-order valence-electron chi connectivity index (χ2n) is 6.62. The SMILES string of the molecule is CC(C)(C)c1csc(C(=O)C2=CCc3cc(C(=O)O)ccc32)n1. The molecular formula is C18H17NO3S. The molecule has 0 saturated heterocycles. The third kappa shape index (κ3) is 2.84. The number of allylic oxidation sites excluding steroid dienone is 2. The minimum Gasteiger partial charge on any atom is -0.478 e. The third-order valence-electron chi connectivity index (χ3n) is 3.88. The molecule has 0 amide bonds. The van der Waals surface area contributed by atoms with Crippen LogP contribution < -0.4 is 0 Å². The summed E-state index contributed by atoms with van der Waals surface area (Å²) in [5.41, 5.74) is 3.37. The Hall–Kier alpha value is -2.27. The lowest BCUT2D eigenvalue weighted by molar-refractivity contribution is 0.0696. The van der Waals surface area contributed by atoms with Gasteiger partial charge in [0.05, 0.1) is 11.3 Å². The molecule has 0 unspecified atom stereocenters. The number of ketones is 1. The van der Waals surface area contributed by atoms with Crippen LogP contribution in [-0.2, 0) is 11.8 Å². The van der Waals surface area contributed by atoms with Crippen molar-refractivity contribution in [3.8, 4) is 0 Å². The Bertz CT molecular complexity index is 840. The zero-order chi connectivity index (χ0) is 16.8. The van der Waals surface area contributed by atoms with Crippen molar-refractivity contribution in [1.29, 1.82) is 0 Å². The molecule has 0 aliphatic heterocycles. The average molecular weight is 327 g/mol. The molecule has 23 heavy (non-hydrogen) atoms. The van der Waals surface area contributed by atoms with Gasteiger partial charge in [-0.15, -0.1) is 11.3 Å². The Morgan fingerprint density at radius 3 is 2.61 bits per heavy atom. The molecule has 1 aliphatic rings. The molecular weight excluding hydrogens is 310 g/mol. The Morgan fingerprint density at radius 1 is 1.26 bits per heavy atom. The van der Waals surface area contributed by atoms with Crippen molar-refractivity contribution in [1.82, 2.24) is 4.98 Å². The van der Waals surface area contributed by atoms with E-state index in [1.165, 1.54) is 17.4 Å². The van der Waals surface area contributed by atoms with Gasteiger partial charge in [-0.05, 0) is 29.7 Å². The number of Topliss-reactive ketones (excluding diaryl/α,β-unsaturated/α-hetero) is 1. The fraction of sp³-hybridized carbons (Fsp3) is 0.278. The van der Waals surface area contributed by atoms with Crippen molar-refractivity contribution in [2.75, 3.05) is 0 Å². The highest BCUT2D eigenvalue weighted by molar-refractivity contribution is 7.12. The van der Waals surface area contributed by atoms with Gasteiger partial charge in [-0.2, -0.15) is 0 Å². The highest BCUT2D eigenvalue weighted by atomic mass is 32.1. The summed E-state index contributed by atoms with van der Waals surface area (Å²) in [6.07, 6.45) is 2.44. The lowest BCUT2D eigenvalue weighted by Gasteiger charge is -2.14. The zero-order valence-corrected chi connectivity index (χ0v) is 14.0. The largest absolute Gasteiger partial charge is 0.478 e. The van der Waals surface area contributed by atoms with Gasteiger partial charge >= 0.3 is 5.97 Å². The molecule has 1 aromatic carbocycles. The van der Waals surface area contributed by atoms with Crippen LogP contribution in [0, 0.1) is 0 Å². The van der Waals surface area contributed by atoms with Gasteiger partial charge in [-0.25, -0.2) is 9.78 Å². The Labute approximate surface area is 138 Å². The van der Waals surface area contributed by atoms with E-state index in [4.69, 9.17) is 5.11 Å². The van der Waals surface area contributed by atoms with Gasteiger partial charge in [0.25, 0.3) is 0 Å². The zero-order valence-electron chi connectivity index (χ0n) is 13.2. The quantitative estimate of drug-likeness (QED) is 0.867. The predicted octanol–water partition coefficient (Wildman–Crippen LogP) is 3.96. The molecule has 3 rings (SSSR count). The number of carbonyl (C=O) groups excluding carboxylic acids is 1. The Balaban J connectivity index is 1.92. The molecule has 1 N–H and O–H groups in total. The van der Waals surface area contributed by atoms with Crippen LogP contribution in [0.15, 0.2) is 29.7 Å². The molecule has 1 aromatic heterocycles. The number of carboxylic acid groups (broad SMARTS) is 1. The smallest absolute Gasteiger partial charge is 0.335 e. The van der Waals surface area contributed by atoms with E-state index in [-0.39, 0.29) is 16.8 Å². The number of carboxylic acids is 1. The van der Waals surface area contributed by atoms with Gasteiger partial charge < -0.3 is 5.11 Å². The highest BCUT2D eigenvalue weighted by Gasteiger charge is 2.26. The molecule has 4 nitrogen and oxygen atoms in total. The van der Waals surface area contributed by atoms with Crippen molar-refractivity contribution in [3.05, 3.63) is 57.0 Å². The minimum atomic E-state index is -0.956. The lowest BCUT2D eigenvalue weighted by atomic mass is 9.93. The summed E-state index contributed by atoms with van der Waals surface area (Å²) in [4.78, 5) is 28.3. The standard InChI is InChI=1S/C18H17NO3S/c1-18(2,3)14-9-23-16(19-14)15(20)13-7-4-10-8-11(17(21)22)5-6-12(10)13/h5-9H,4H2,1-3H3,(H,21,22). The van der Waals surface area contributed by atoms with Crippen molar-refractivity contribution in [3.63, 3.8) is 0 Å². The van der Waals surface area contributed by atoms with E-state index in [9.17, 15) is 9.59 Å². The number of hydrogen-bond acceptors (Lipinski definition) is 4. The van der Waals surface area contributed by atoms with E-state index in [2.05, 4.69) is 25.8 Å². The number of aromatic nitrogens is 1. The lowest BCUT2D eigenvalue weighted by Crippen LogP contribution is -2.12. The Morgan fingerprint density at radius 2 is 2.00 bits per heavy atom. The van der Waals surface area contributed by atoms with Crippen LogP contribution in [0.3, 0.4) is 0 Å². The topological polar surface area (TPSA) is 67.3 Å². The number of nitrogens with zero attached hydrogens (tertiary/aromatic N) is 1. The van der Waals surface area contributed by atoms with Gasteiger partial charge in [0, 0.05) is 16.4 Å². The maximum atomic E-state index is 12.7. The van der Waals surface area contributed by atoms with Gasteiger partial charge in [-0.3, -0.25) is 4.79 Å². The second-order valence-corrected chi connectivity index (χ2v) is 7.47. The van der Waals surface area contributed by atoms with Crippen LogP contribution in [0.5, 0.6) is 0 Å². The van der Waals surface area contributed by atoms with Crippen LogP contribution >= 0.6 is 11.3 Å². The number of rotatable bonds is 3. The normalized spacial score (nSPS) is 13.6. The molecule has 118 valence electrons. The molecule has 5 heteroatoms. The minimum absolute atomic E-state index is 0.0899. The monoisotopic (exact) mass is 327 g/mol. The first-order chi connectivity index (χ1) is 10.8. The van der Waals surface area contributed by atoms with E-state index in [1.807, 2.05) is 11.5 Å². The molecule has 0 radical (unpaired) electrons. The molecule has 1 heterocycles. The maximum absolute atomic E-state index is 12.7. The van der Waals surface area contributed by atoms with Gasteiger partial charge in [-0.1, -0.05) is 32.9 Å². The van der Waals surface area contributed by atoms with E-state index in [0.29, 0.717) is 17.0 Å². The number of carbonyl (C=O) groups is 2. The summed E-state index contributed by atoms with van der Waals surface area (Å²) < 4.78 is 0. The maximum Gasteiger partial charge on any atom is 0.335 e. The number of thiazole rings is 1. The number of fused-ring (bicyclic) bond motifs is 1. The fourth-order valence-corrected chi connectivity index (χ4v) is 3.53. The van der Waals surface area contributed by atoms with Crippen LogP contribution in [0.4, 0.5) is 0 Å². The van der Waals surface area contributed by atoms with Crippen molar-refractivity contribution >= 4 is 28.7 Å². The summed E-state index contributed by atoms with van der Waals surface area (Å²) in [5.74, 6) is -1.05. The summed E-state index contributed by atoms with van der Waals surface area (Å²) in [6, 6.07) is 4.89. The van der Waals surface area contributed by atoms with Crippen molar-refractivity contribution < 1.29 is 14.7 Å². The summed E-state index contributed by atoms with van der Waals surface area (Å²) in [7, 11) is 0.